The van der Waals surface area contributed by atoms with Crippen LogP contribution in [-0.2, 0) is 0 Å². The molecule has 0 radical (unpaired) electrons. The van der Waals surface area contributed by atoms with Gasteiger partial charge in [-0.3, -0.25) is 0 Å². The molecule has 0 saturated heterocycles. The molecule has 1 unspecified atom stereocenters. The van der Waals surface area contributed by atoms with Gasteiger partial charge in [-0.05, 0) is 30.6 Å². The zero-order chi connectivity index (χ0) is 13.0. The second-order valence-corrected chi connectivity index (χ2v) is 6.04. The highest BCUT2D eigenvalue weighted by Gasteiger charge is 2.17. The molecule has 0 aromatic heterocycles. The topological polar surface area (TPSA) is 26.0 Å². The van der Waals surface area contributed by atoms with Crippen molar-refractivity contribution in [3.05, 3.63) is 35.4 Å². The summed E-state index contributed by atoms with van der Waals surface area (Å²) in [7, 11) is 0. The Morgan fingerprint density at radius 2 is 2.00 bits per heavy atom. The molecule has 1 nitrogen and oxygen atoms in total. The van der Waals surface area contributed by atoms with Crippen LogP contribution in [0, 0.1) is 17.6 Å². The normalized spacial score (nSPS) is 18.2. The zero-order valence-electron chi connectivity index (χ0n) is 10.4. The molecule has 0 amide bonds. The molecule has 1 atom stereocenters. The Bertz CT molecular complexity index is 391. The minimum Gasteiger partial charge on any atom is -0.323 e. The lowest BCUT2D eigenvalue weighted by atomic mass is 10.1. The van der Waals surface area contributed by atoms with Gasteiger partial charge in [0.25, 0.3) is 0 Å². The Balaban J connectivity index is 1.81. The van der Waals surface area contributed by atoms with E-state index in [4.69, 9.17) is 5.73 Å². The average Bonchev–Trinajstić information content (AvgIpc) is 2.81. The third kappa shape index (κ3) is 3.69. The Morgan fingerprint density at radius 1 is 1.28 bits per heavy atom. The molecule has 1 aliphatic carbocycles. The maximum atomic E-state index is 13.5. The first-order valence-corrected chi connectivity index (χ1v) is 7.60. The number of halogens is 2. The number of nitrogens with two attached hydrogens (primary N) is 1. The molecule has 0 aliphatic heterocycles. The van der Waals surface area contributed by atoms with Crippen LogP contribution in [0.15, 0.2) is 18.2 Å². The van der Waals surface area contributed by atoms with E-state index in [0.717, 1.165) is 17.7 Å². The molecule has 0 heterocycles. The fourth-order valence-electron chi connectivity index (χ4n) is 2.43. The van der Waals surface area contributed by atoms with Crippen LogP contribution in [0.25, 0.3) is 0 Å². The van der Waals surface area contributed by atoms with Crippen molar-refractivity contribution in [2.75, 3.05) is 11.5 Å². The molecule has 18 heavy (non-hydrogen) atoms. The van der Waals surface area contributed by atoms with E-state index in [9.17, 15) is 8.78 Å². The molecule has 1 saturated carbocycles. The summed E-state index contributed by atoms with van der Waals surface area (Å²) in [5.74, 6) is 1.52. The van der Waals surface area contributed by atoms with Crippen LogP contribution in [0.4, 0.5) is 8.78 Å². The van der Waals surface area contributed by atoms with E-state index in [2.05, 4.69) is 0 Å². The van der Waals surface area contributed by atoms with Crippen LogP contribution < -0.4 is 5.73 Å². The zero-order valence-corrected chi connectivity index (χ0v) is 11.2. The van der Waals surface area contributed by atoms with E-state index in [-0.39, 0.29) is 6.04 Å². The fourth-order valence-corrected chi connectivity index (χ4v) is 3.67. The van der Waals surface area contributed by atoms with Crippen molar-refractivity contribution in [2.45, 2.75) is 31.7 Å². The van der Waals surface area contributed by atoms with Crippen LogP contribution in [0.2, 0.25) is 0 Å². The number of thioether (sulfide) groups is 1. The number of hydrogen-bond acceptors (Lipinski definition) is 2. The van der Waals surface area contributed by atoms with Crippen LogP contribution in [0.1, 0.15) is 37.3 Å². The third-order valence-electron chi connectivity index (χ3n) is 3.49. The summed E-state index contributed by atoms with van der Waals surface area (Å²) in [6.07, 6.45) is 5.30. The molecule has 0 spiro atoms. The summed E-state index contributed by atoms with van der Waals surface area (Å²) in [6.45, 7) is 0. The second-order valence-electron chi connectivity index (χ2n) is 4.96. The lowest BCUT2D eigenvalue weighted by molar-refractivity contribution is 0.563. The van der Waals surface area contributed by atoms with Gasteiger partial charge in [0.05, 0.1) is 0 Å². The number of benzene rings is 1. The highest BCUT2D eigenvalue weighted by Crippen LogP contribution is 2.29. The summed E-state index contributed by atoms with van der Waals surface area (Å²) in [6, 6.07) is 3.26. The second kappa shape index (κ2) is 6.53. The van der Waals surface area contributed by atoms with Crippen molar-refractivity contribution < 1.29 is 8.78 Å². The predicted octanol–water partition coefficient (Wildman–Crippen LogP) is 3.89. The quantitative estimate of drug-likeness (QED) is 0.879. The minimum atomic E-state index is -0.554. The molecule has 4 heteroatoms. The molecule has 2 N–H and O–H groups in total. The predicted molar refractivity (Wildman–Crippen MR) is 72.6 cm³/mol. The lowest BCUT2D eigenvalue weighted by Crippen LogP contribution is -2.15. The molecule has 1 aromatic rings. The highest BCUT2D eigenvalue weighted by atomic mass is 32.2. The van der Waals surface area contributed by atoms with Gasteiger partial charge in [-0.1, -0.05) is 18.9 Å². The van der Waals surface area contributed by atoms with E-state index in [0.29, 0.717) is 11.3 Å². The molecule has 1 fully saturated rings. The van der Waals surface area contributed by atoms with Crippen molar-refractivity contribution in [3.8, 4) is 0 Å². The van der Waals surface area contributed by atoms with Gasteiger partial charge in [-0.15, -0.1) is 0 Å². The smallest absolute Gasteiger partial charge is 0.130 e. The van der Waals surface area contributed by atoms with Crippen LogP contribution in [0.5, 0.6) is 0 Å². The molecular formula is C14H19F2NS. The number of rotatable bonds is 5. The van der Waals surface area contributed by atoms with Gasteiger partial charge in [0.15, 0.2) is 0 Å². The Labute approximate surface area is 111 Å². The average molecular weight is 271 g/mol. The molecule has 1 aromatic carbocycles. The summed E-state index contributed by atoms with van der Waals surface area (Å²) in [5, 5.41) is 0. The van der Waals surface area contributed by atoms with Crippen LogP contribution >= 0.6 is 11.8 Å². The van der Waals surface area contributed by atoms with Crippen LogP contribution in [-0.4, -0.2) is 11.5 Å². The first kappa shape index (κ1) is 13.8. The Hall–Kier alpha value is -0.610. The van der Waals surface area contributed by atoms with Gasteiger partial charge >= 0.3 is 0 Å². The van der Waals surface area contributed by atoms with Gasteiger partial charge in [0.2, 0.25) is 0 Å². The molecule has 100 valence electrons. The van der Waals surface area contributed by atoms with E-state index in [1.54, 1.807) is 11.8 Å². The van der Waals surface area contributed by atoms with E-state index >= 15 is 0 Å². The van der Waals surface area contributed by atoms with Gasteiger partial charge in [-0.2, -0.15) is 11.8 Å². The van der Waals surface area contributed by atoms with Crippen LogP contribution in [0.3, 0.4) is 0 Å². The van der Waals surface area contributed by atoms with Gasteiger partial charge in [0.1, 0.15) is 11.6 Å². The molecule has 1 aliphatic rings. The highest BCUT2D eigenvalue weighted by molar-refractivity contribution is 7.99. The van der Waals surface area contributed by atoms with E-state index < -0.39 is 11.6 Å². The first-order valence-electron chi connectivity index (χ1n) is 6.45. The maximum Gasteiger partial charge on any atom is 0.130 e. The van der Waals surface area contributed by atoms with E-state index in [1.165, 1.54) is 37.8 Å². The van der Waals surface area contributed by atoms with Crippen molar-refractivity contribution in [2.24, 2.45) is 11.7 Å². The number of hydrogen-bond donors (Lipinski definition) is 1. The van der Waals surface area contributed by atoms with Gasteiger partial charge in [-0.25, -0.2) is 8.78 Å². The SMILES string of the molecule is NC(CSCC1CCCC1)c1ccc(F)cc1F. The summed E-state index contributed by atoms with van der Waals surface area (Å²) in [5.41, 5.74) is 6.36. The monoisotopic (exact) mass is 271 g/mol. The van der Waals surface area contributed by atoms with Gasteiger partial charge in [0, 0.05) is 23.4 Å². The minimum absolute atomic E-state index is 0.350. The Kier molecular flexibility index (Phi) is 5.01. The van der Waals surface area contributed by atoms with Gasteiger partial charge < -0.3 is 5.73 Å². The fraction of sp³-hybridized carbons (Fsp3) is 0.571. The largest absolute Gasteiger partial charge is 0.323 e. The van der Waals surface area contributed by atoms with Crippen molar-refractivity contribution in [3.63, 3.8) is 0 Å². The summed E-state index contributed by atoms with van der Waals surface area (Å²) in [4.78, 5) is 0. The first-order chi connectivity index (χ1) is 8.66. The standard InChI is InChI=1S/C14H19F2NS/c15-11-5-6-12(13(16)7-11)14(17)9-18-8-10-3-1-2-4-10/h5-7,10,14H,1-4,8-9,17H2. The molecule has 2 rings (SSSR count). The van der Waals surface area contributed by atoms with Crippen molar-refractivity contribution in [1.29, 1.82) is 0 Å². The summed E-state index contributed by atoms with van der Waals surface area (Å²) >= 11 is 1.78. The molecular weight excluding hydrogens is 252 g/mol. The summed E-state index contributed by atoms with van der Waals surface area (Å²) < 4.78 is 26.3. The van der Waals surface area contributed by atoms with Crippen molar-refractivity contribution >= 4 is 11.8 Å². The maximum absolute atomic E-state index is 13.5. The van der Waals surface area contributed by atoms with Crippen molar-refractivity contribution in [1.82, 2.24) is 0 Å². The third-order valence-corrected chi connectivity index (χ3v) is 4.79. The lowest BCUT2D eigenvalue weighted by Gasteiger charge is -2.14. The Morgan fingerprint density at radius 3 is 2.67 bits per heavy atom. The van der Waals surface area contributed by atoms with E-state index in [1.807, 2.05) is 0 Å². The molecule has 0 bridgehead atoms.